The first-order valence-electron chi connectivity index (χ1n) is 6.33. The van der Waals surface area contributed by atoms with Crippen molar-refractivity contribution in [2.75, 3.05) is 17.3 Å². The van der Waals surface area contributed by atoms with Crippen molar-refractivity contribution in [3.63, 3.8) is 0 Å². The summed E-state index contributed by atoms with van der Waals surface area (Å²) in [5.74, 6) is 6.63. The topological polar surface area (TPSA) is 119 Å². The molecule has 0 aliphatic heterocycles. The van der Waals surface area contributed by atoms with E-state index in [1.807, 2.05) is 0 Å². The van der Waals surface area contributed by atoms with Crippen LogP contribution in [0, 0.1) is 22.0 Å². The van der Waals surface area contributed by atoms with E-state index in [4.69, 9.17) is 5.84 Å². The molecular formula is C11H18N6O2. The van der Waals surface area contributed by atoms with Crippen molar-refractivity contribution in [2.24, 2.45) is 17.7 Å². The van der Waals surface area contributed by atoms with Crippen LogP contribution in [0.1, 0.15) is 26.2 Å². The minimum atomic E-state index is -0.532. The van der Waals surface area contributed by atoms with Gasteiger partial charge < -0.3 is 10.7 Å². The number of aromatic nitrogens is 2. The molecule has 2 atom stereocenters. The molecule has 1 fully saturated rings. The van der Waals surface area contributed by atoms with E-state index < -0.39 is 4.92 Å². The van der Waals surface area contributed by atoms with Gasteiger partial charge in [0.25, 0.3) is 0 Å². The second-order valence-electron chi connectivity index (χ2n) is 4.87. The maximum Gasteiger partial charge on any atom is 0.354 e. The van der Waals surface area contributed by atoms with E-state index in [0.717, 1.165) is 6.42 Å². The van der Waals surface area contributed by atoms with Gasteiger partial charge in [0.15, 0.2) is 0 Å². The van der Waals surface area contributed by atoms with Gasteiger partial charge in [0.05, 0.1) is 4.92 Å². The zero-order valence-corrected chi connectivity index (χ0v) is 10.8. The largest absolute Gasteiger partial charge is 0.364 e. The van der Waals surface area contributed by atoms with E-state index in [9.17, 15) is 10.1 Å². The Morgan fingerprint density at radius 3 is 2.79 bits per heavy atom. The van der Waals surface area contributed by atoms with E-state index in [0.29, 0.717) is 18.4 Å². The van der Waals surface area contributed by atoms with Gasteiger partial charge in [-0.3, -0.25) is 10.1 Å². The number of hydrazine groups is 1. The van der Waals surface area contributed by atoms with Crippen molar-refractivity contribution < 1.29 is 4.92 Å². The SMILES string of the molecule is CC1CCCC1CNc1ncnc(NN)c1[N+](=O)[O-]. The molecule has 2 rings (SSSR count). The fraction of sp³-hybridized carbons (Fsp3) is 0.636. The van der Waals surface area contributed by atoms with Crippen LogP contribution in [-0.2, 0) is 0 Å². The molecule has 1 aliphatic rings. The standard InChI is InChI=1S/C11H18N6O2/c1-7-3-2-4-8(7)5-13-10-9(17(18)19)11(16-12)15-6-14-10/h6-8H,2-5,12H2,1H3,(H2,13,14,15,16). The molecule has 4 N–H and O–H groups in total. The Hall–Kier alpha value is -1.96. The van der Waals surface area contributed by atoms with Crippen LogP contribution in [0.3, 0.4) is 0 Å². The normalized spacial score (nSPS) is 22.2. The predicted octanol–water partition coefficient (Wildman–Crippen LogP) is 1.52. The Kier molecular flexibility index (Phi) is 4.10. The van der Waals surface area contributed by atoms with Gasteiger partial charge in [0.2, 0.25) is 11.6 Å². The number of nitrogens with one attached hydrogen (secondary N) is 2. The summed E-state index contributed by atoms with van der Waals surface area (Å²) in [5, 5.41) is 14.1. The Morgan fingerprint density at radius 1 is 1.47 bits per heavy atom. The molecule has 2 unspecified atom stereocenters. The van der Waals surface area contributed by atoms with Gasteiger partial charge in [0, 0.05) is 6.54 Å². The Morgan fingerprint density at radius 2 is 2.21 bits per heavy atom. The summed E-state index contributed by atoms with van der Waals surface area (Å²) in [6.45, 7) is 2.89. The number of rotatable bonds is 5. The van der Waals surface area contributed by atoms with Crippen LogP contribution in [0.4, 0.5) is 17.3 Å². The fourth-order valence-corrected chi connectivity index (χ4v) is 2.54. The molecule has 8 nitrogen and oxygen atoms in total. The third-order valence-corrected chi connectivity index (χ3v) is 3.71. The van der Waals surface area contributed by atoms with Crippen molar-refractivity contribution in [1.82, 2.24) is 9.97 Å². The van der Waals surface area contributed by atoms with Crippen molar-refractivity contribution >= 4 is 17.3 Å². The molecule has 1 saturated carbocycles. The molecule has 1 heterocycles. The molecule has 0 spiro atoms. The molecule has 0 radical (unpaired) electrons. The van der Waals surface area contributed by atoms with E-state index in [1.165, 1.54) is 19.2 Å². The molecule has 8 heteroatoms. The van der Waals surface area contributed by atoms with E-state index in [2.05, 4.69) is 27.6 Å². The molecular weight excluding hydrogens is 248 g/mol. The maximum absolute atomic E-state index is 11.1. The summed E-state index contributed by atoms with van der Waals surface area (Å²) >= 11 is 0. The highest BCUT2D eigenvalue weighted by molar-refractivity contribution is 5.68. The van der Waals surface area contributed by atoms with Gasteiger partial charge in [-0.2, -0.15) is 0 Å². The van der Waals surface area contributed by atoms with Gasteiger partial charge >= 0.3 is 5.69 Å². The smallest absolute Gasteiger partial charge is 0.354 e. The molecule has 1 aliphatic carbocycles. The van der Waals surface area contributed by atoms with Crippen LogP contribution in [-0.4, -0.2) is 21.4 Å². The van der Waals surface area contributed by atoms with E-state index >= 15 is 0 Å². The summed E-state index contributed by atoms with van der Waals surface area (Å²) < 4.78 is 0. The lowest BCUT2D eigenvalue weighted by Crippen LogP contribution is -2.19. The zero-order chi connectivity index (χ0) is 13.8. The van der Waals surface area contributed by atoms with E-state index in [1.54, 1.807) is 0 Å². The van der Waals surface area contributed by atoms with Crippen LogP contribution < -0.4 is 16.6 Å². The second kappa shape index (κ2) is 5.79. The second-order valence-corrected chi connectivity index (χ2v) is 4.87. The number of nitrogen functional groups attached to an aromatic ring is 1. The van der Waals surface area contributed by atoms with Crippen LogP contribution in [0.25, 0.3) is 0 Å². The number of hydrogen-bond acceptors (Lipinski definition) is 7. The van der Waals surface area contributed by atoms with E-state index in [-0.39, 0.29) is 17.3 Å². The Balaban J connectivity index is 2.13. The van der Waals surface area contributed by atoms with Gasteiger partial charge in [-0.25, -0.2) is 15.8 Å². The fourth-order valence-electron chi connectivity index (χ4n) is 2.54. The minimum Gasteiger partial charge on any atom is -0.364 e. The molecule has 0 aromatic carbocycles. The number of nitrogens with zero attached hydrogens (tertiary/aromatic N) is 3. The van der Waals surface area contributed by atoms with Crippen molar-refractivity contribution in [3.05, 3.63) is 16.4 Å². The number of nitro groups is 1. The monoisotopic (exact) mass is 266 g/mol. The Labute approximate surface area is 110 Å². The molecule has 1 aromatic heterocycles. The lowest BCUT2D eigenvalue weighted by atomic mass is 9.98. The number of hydrogen-bond donors (Lipinski definition) is 3. The van der Waals surface area contributed by atoms with Crippen molar-refractivity contribution in [2.45, 2.75) is 26.2 Å². The molecule has 0 saturated heterocycles. The summed E-state index contributed by atoms with van der Waals surface area (Å²) in [7, 11) is 0. The van der Waals surface area contributed by atoms with Crippen LogP contribution in [0.15, 0.2) is 6.33 Å². The number of anilines is 2. The first-order valence-corrected chi connectivity index (χ1v) is 6.33. The minimum absolute atomic E-state index is 0.0157. The third-order valence-electron chi connectivity index (χ3n) is 3.71. The molecule has 0 bridgehead atoms. The zero-order valence-electron chi connectivity index (χ0n) is 10.8. The molecule has 1 aromatic rings. The summed E-state index contributed by atoms with van der Waals surface area (Å²) in [4.78, 5) is 18.2. The summed E-state index contributed by atoms with van der Waals surface area (Å²) in [6.07, 6.45) is 4.83. The van der Waals surface area contributed by atoms with Gasteiger partial charge in [-0.15, -0.1) is 0 Å². The van der Waals surface area contributed by atoms with Gasteiger partial charge in [-0.1, -0.05) is 19.8 Å². The van der Waals surface area contributed by atoms with Crippen LogP contribution in [0.5, 0.6) is 0 Å². The summed E-state index contributed by atoms with van der Waals surface area (Å²) in [5.41, 5.74) is 2.01. The average Bonchev–Trinajstić information content (AvgIpc) is 2.81. The van der Waals surface area contributed by atoms with Gasteiger partial charge in [-0.05, 0) is 18.3 Å². The van der Waals surface area contributed by atoms with Gasteiger partial charge in [0.1, 0.15) is 6.33 Å². The van der Waals surface area contributed by atoms with Crippen LogP contribution >= 0.6 is 0 Å². The molecule has 19 heavy (non-hydrogen) atoms. The highest BCUT2D eigenvalue weighted by atomic mass is 16.6. The Bertz CT molecular complexity index is 466. The summed E-state index contributed by atoms with van der Waals surface area (Å²) in [6, 6.07) is 0. The lowest BCUT2D eigenvalue weighted by molar-refractivity contribution is -0.383. The number of nitrogens with two attached hydrogens (primary N) is 1. The third kappa shape index (κ3) is 2.90. The maximum atomic E-state index is 11.1. The van der Waals surface area contributed by atoms with Crippen molar-refractivity contribution in [3.8, 4) is 0 Å². The molecule has 104 valence electrons. The molecule has 0 amide bonds. The van der Waals surface area contributed by atoms with Crippen molar-refractivity contribution in [1.29, 1.82) is 0 Å². The predicted molar refractivity (Wildman–Crippen MR) is 71.5 cm³/mol. The highest BCUT2D eigenvalue weighted by Gasteiger charge is 2.26. The van der Waals surface area contributed by atoms with Crippen LogP contribution in [0.2, 0.25) is 0 Å². The first kappa shape index (κ1) is 13.5. The highest BCUT2D eigenvalue weighted by Crippen LogP contribution is 2.33. The lowest BCUT2D eigenvalue weighted by Gasteiger charge is -2.16. The average molecular weight is 266 g/mol. The first-order chi connectivity index (χ1) is 9.13. The quantitative estimate of drug-likeness (QED) is 0.420.